The van der Waals surface area contributed by atoms with Crippen molar-refractivity contribution < 1.29 is 9.53 Å². The van der Waals surface area contributed by atoms with Crippen LogP contribution in [0.4, 0.5) is 5.69 Å². The monoisotopic (exact) mass is 268 g/mol. The molecule has 0 saturated carbocycles. The molecule has 0 fully saturated rings. The predicted octanol–water partition coefficient (Wildman–Crippen LogP) is 2.15. The van der Waals surface area contributed by atoms with Gasteiger partial charge in [-0.2, -0.15) is 11.8 Å². The van der Waals surface area contributed by atoms with Crippen molar-refractivity contribution in [2.75, 3.05) is 24.9 Å². The highest BCUT2D eigenvalue weighted by Crippen LogP contribution is 2.24. The molecule has 0 radical (unpaired) electrons. The molecule has 18 heavy (non-hydrogen) atoms. The molecule has 0 spiro atoms. The molecule has 1 aromatic rings. The van der Waals surface area contributed by atoms with E-state index in [1.165, 1.54) is 7.11 Å². The molecule has 1 aromatic carbocycles. The molecule has 1 atom stereocenters. The van der Waals surface area contributed by atoms with Gasteiger partial charge in [-0.1, -0.05) is 13.0 Å². The van der Waals surface area contributed by atoms with Gasteiger partial charge in [0.05, 0.1) is 7.11 Å². The van der Waals surface area contributed by atoms with Crippen molar-refractivity contribution in [3.8, 4) is 5.75 Å². The average molecular weight is 268 g/mol. The number of hydrogen-bond donors (Lipinski definition) is 2. The van der Waals surface area contributed by atoms with E-state index in [0.29, 0.717) is 17.0 Å². The number of rotatable bonds is 6. The van der Waals surface area contributed by atoms with Crippen LogP contribution < -0.4 is 15.8 Å². The molecule has 4 nitrogen and oxygen atoms in total. The number of nitrogens with two attached hydrogens (primary N) is 1. The summed E-state index contributed by atoms with van der Waals surface area (Å²) < 4.78 is 5.18. The maximum Gasteiger partial charge on any atom is 0.257 e. The Morgan fingerprint density at radius 1 is 1.56 bits per heavy atom. The first-order valence-electron chi connectivity index (χ1n) is 5.86. The molecule has 0 aliphatic rings. The third-order valence-corrected chi connectivity index (χ3v) is 3.44. The van der Waals surface area contributed by atoms with Gasteiger partial charge >= 0.3 is 0 Å². The van der Waals surface area contributed by atoms with Crippen molar-refractivity contribution in [3.63, 3.8) is 0 Å². The van der Waals surface area contributed by atoms with Gasteiger partial charge in [-0.15, -0.1) is 0 Å². The minimum absolute atomic E-state index is 0.150. The lowest BCUT2D eigenvalue weighted by atomic mass is 10.1. The number of amides is 1. The van der Waals surface area contributed by atoms with Crippen LogP contribution in [-0.2, 0) is 0 Å². The highest BCUT2D eigenvalue weighted by molar-refractivity contribution is 7.98. The Balaban J connectivity index is 2.89. The Bertz CT molecular complexity index is 410. The molecule has 0 heterocycles. The Morgan fingerprint density at radius 2 is 2.28 bits per heavy atom. The van der Waals surface area contributed by atoms with Gasteiger partial charge < -0.3 is 15.8 Å². The number of ether oxygens (including phenoxy) is 1. The molecule has 1 amide bonds. The van der Waals surface area contributed by atoms with E-state index >= 15 is 0 Å². The summed E-state index contributed by atoms with van der Waals surface area (Å²) in [5, 5.41) is 2.98. The first kappa shape index (κ1) is 14.7. The summed E-state index contributed by atoms with van der Waals surface area (Å²) in [7, 11) is 1.53. The van der Waals surface area contributed by atoms with Gasteiger partial charge in [0, 0.05) is 17.5 Å². The summed E-state index contributed by atoms with van der Waals surface area (Å²) in [5.74, 6) is 1.22. The molecule has 1 rings (SSSR count). The first-order valence-corrected chi connectivity index (χ1v) is 7.25. The molecule has 0 aliphatic heterocycles. The summed E-state index contributed by atoms with van der Waals surface area (Å²) >= 11 is 1.71. The minimum atomic E-state index is -0.175. The zero-order valence-corrected chi connectivity index (χ0v) is 11.8. The number of carbonyl (C=O) groups excluding carboxylic acids is 1. The number of nitrogen functional groups attached to an aromatic ring is 1. The van der Waals surface area contributed by atoms with Crippen LogP contribution in [-0.4, -0.2) is 31.1 Å². The SMILES string of the molecule is CCC(CSC)NC(=O)c1c(N)cccc1OC. The van der Waals surface area contributed by atoms with Gasteiger partial charge in [-0.3, -0.25) is 4.79 Å². The molecule has 100 valence electrons. The molecular formula is C13H20N2O2S. The fraction of sp³-hybridized carbons (Fsp3) is 0.462. The Morgan fingerprint density at radius 3 is 2.83 bits per heavy atom. The molecule has 1 unspecified atom stereocenters. The van der Waals surface area contributed by atoms with Gasteiger partial charge in [0.15, 0.2) is 0 Å². The zero-order valence-electron chi connectivity index (χ0n) is 11.0. The Labute approximate surface area is 112 Å². The third kappa shape index (κ3) is 3.57. The molecule has 3 N–H and O–H groups in total. The predicted molar refractivity (Wildman–Crippen MR) is 77.3 cm³/mol. The van der Waals surface area contributed by atoms with Crippen molar-refractivity contribution in [1.29, 1.82) is 0 Å². The maximum absolute atomic E-state index is 12.2. The highest BCUT2D eigenvalue weighted by Gasteiger charge is 2.18. The lowest BCUT2D eigenvalue weighted by Gasteiger charge is -2.17. The third-order valence-electron chi connectivity index (χ3n) is 2.70. The van der Waals surface area contributed by atoms with Crippen LogP contribution in [0.3, 0.4) is 0 Å². The summed E-state index contributed by atoms with van der Waals surface area (Å²) in [4.78, 5) is 12.2. The molecule has 0 aliphatic carbocycles. The van der Waals surface area contributed by atoms with Crippen LogP contribution in [0.15, 0.2) is 18.2 Å². The normalized spacial score (nSPS) is 11.9. The summed E-state index contributed by atoms with van der Waals surface area (Å²) in [6.07, 6.45) is 2.91. The van der Waals surface area contributed by atoms with Crippen molar-refractivity contribution in [1.82, 2.24) is 5.32 Å². The average Bonchev–Trinajstić information content (AvgIpc) is 2.37. The quantitative estimate of drug-likeness (QED) is 0.776. The molecule has 0 aromatic heterocycles. The van der Waals surface area contributed by atoms with Crippen molar-refractivity contribution in [2.24, 2.45) is 0 Å². The lowest BCUT2D eigenvalue weighted by molar-refractivity contribution is 0.0938. The highest BCUT2D eigenvalue weighted by atomic mass is 32.2. The Kier molecular flexibility index (Phi) is 5.85. The van der Waals surface area contributed by atoms with E-state index < -0.39 is 0 Å². The topological polar surface area (TPSA) is 64.4 Å². The van der Waals surface area contributed by atoms with Crippen LogP contribution in [0.1, 0.15) is 23.7 Å². The van der Waals surface area contributed by atoms with E-state index in [4.69, 9.17) is 10.5 Å². The fourth-order valence-corrected chi connectivity index (χ4v) is 2.40. The summed E-state index contributed by atoms with van der Waals surface area (Å²) in [5.41, 5.74) is 6.70. The van der Waals surface area contributed by atoms with Gasteiger partial charge in [0.2, 0.25) is 0 Å². The summed E-state index contributed by atoms with van der Waals surface area (Å²) in [6, 6.07) is 5.36. The van der Waals surface area contributed by atoms with Gasteiger partial charge in [-0.05, 0) is 24.8 Å². The van der Waals surface area contributed by atoms with E-state index in [2.05, 4.69) is 5.32 Å². The molecule has 0 bridgehead atoms. The smallest absolute Gasteiger partial charge is 0.257 e. The van der Waals surface area contributed by atoms with E-state index in [1.54, 1.807) is 30.0 Å². The van der Waals surface area contributed by atoms with E-state index in [-0.39, 0.29) is 11.9 Å². The number of methoxy groups -OCH3 is 1. The second-order valence-corrected chi connectivity index (χ2v) is 4.87. The first-order chi connectivity index (χ1) is 8.63. The van der Waals surface area contributed by atoms with Crippen LogP contribution in [0, 0.1) is 0 Å². The van der Waals surface area contributed by atoms with Crippen LogP contribution >= 0.6 is 11.8 Å². The number of nitrogens with one attached hydrogen (secondary N) is 1. The standard InChI is InChI=1S/C13H20N2O2S/c1-4-9(8-18-3)15-13(16)12-10(14)6-5-7-11(12)17-2/h5-7,9H,4,8,14H2,1-3H3,(H,15,16). The number of thioether (sulfide) groups is 1. The van der Waals surface area contributed by atoms with Crippen molar-refractivity contribution in [3.05, 3.63) is 23.8 Å². The van der Waals surface area contributed by atoms with E-state index in [9.17, 15) is 4.79 Å². The maximum atomic E-state index is 12.2. The number of carbonyl (C=O) groups is 1. The largest absolute Gasteiger partial charge is 0.496 e. The van der Waals surface area contributed by atoms with Crippen molar-refractivity contribution in [2.45, 2.75) is 19.4 Å². The van der Waals surface area contributed by atoms with E-state index in [1.807, 2.05) is 13.2 Å². The number of anilines is 1. The number of hydrogen-bond acceptors (Lipinski definition) is 4. The minimum Gasteiger partial charge on any atom is -0.496 e. The van der Waals surface area contributed by atoms with Gasteiger partial charge in [-0.25, -0.2) is 0 Å². The molecule has 0 saturated heterocycles. The van der Waals surface area contributed by atoms with Crippen LogP contribution in [0.25, 0.3) is 0 Å². The van der Waals surface area contributed by atoms with Gasteiger partial charge in [0.25, 0.3) is 5.91 Å². The van der Waals surface area contributed by atoms with E-state index in [0.717, 1.165) is 12.2 Å². The molecule has 5 heteroatoms. The zero-order chi connectivity index (χ0) is 13.5. The van der Waals surface area contributed by atoms with Crippen LogP contribution in [0.5, 0.6) is 5.75 Å². The fourth-order valence-electron chi connectivity index (χ4n) is 1.68. The van der Waals surface area contributed by atoms with Gasteiger partial charge in [0.1, 0.15) is 11.3 Å². The van der Waals surface area contributed by atoms with Crippen LogP contribution in [0.2, 0.25) is 0 Å². The number of benzene rings is 1. The summed E-state index contributed by atoms with van der Waals surface area (Å²) in [6.45, 7) is 2.05. The molecular weight excluding hydrogens is 248 g/mol. The second kappa shape index (κ2) is 7.16. The lowest BCUT2D eigenvalue weighted by Crippen LogP contribution is -2.36. The second-order valence-electron chi connectivity index (χ2n) is 3.96. The Hall–Kier alpha value is -1.36. The van der Waals surface area contributed by atoms with Crippen molar-refractivity contribution >= 4 is 23.4 Å².